The average molecular weight is 178 g/mol. The van der Waals surface area contributed by atoms with E-state index in [2.05, 4.69) is 18.0 Å². The van der Waals surface area contributed by atoms with Crippen LogP contribution >= 0.6 is 0 Å². The smallest absolute Gasteiger partial charge is 0.0689 e. The molecule has 13 heavy (non-hydrogen) atoms. The van der Waals surface area contributed by atoms with Crippen molar-refractivity contribution in [2.45, 2.75) is 32.1 Å². The quantitative estimate of drug-likeness (QED) is 0.647. The lowest BCUT2D eigenvalue weighted by molar-refractivity contribution is 0.164. The minimum absolute atomic E-state index is 0.0931. The Balaban J connectivity index is 1.87. The van der Waals surface area contributed by atoms with Crippen LogP contribution in [0.15, 0.2) is 0 Å². The van der Waals surface area contributed by atoms with Crippen LogP contribution in [0.3, 0.4) is 0 Å². The van der Waals surface area contributed by atoms with Crippen molar-refractivity contribution in [2.75, 3.05) is 20.1 Å². The Kier molecular flexibility index (Phi) is 2.29. The third-order valence-electron chi connectivity index (χ3n) is 3.72. The van der Waals surface area contributed by atoms with E-state index in [4.69, 9.17) is 5.26 Å². The zero-order valence-corrected chi connectivity index (χ0v) is 8.42. The van der Waals surface area contributed by atoms with Crippen LogP contribution in [0.2, 0.25) is 0 Å². The van der Waals surface area contributed by atoms with Crippen LogP contribution < -0.4 is 0 Å². The zero-order chi connectivity index (χ0) is 9.31. The number of hydrogen-bond acceptors (Lipinski definition) is 2. The first-order valence-electron chi connectivity index (χ1n) is 5.34. The first kappa shape index (κ1) is 9.02. The second-order valence-electron chi connectivity index (χ2n) is 4.87. The third kappa shape index (κ3) is 1.71. The summed E-state index contributed by atoms with van der Waals surface area (Å²) in [5.41, 5.74) is 0.0931. The lowest BCUT2D eigenvalue weighted by atomic mass is 9.65. The Hall–Kier alpha value is -0.550. The molecule has 0 radical (unpaired) electrons. The van der Waals surface area contributed by atoms with Crippen LogP contribution in [-0.4, -0.2) is 25.0 Å². The van der Waals surface area contributed by atoms with E-state index >= 15 is 0 Å². The fraction of sp³-hybridized carbons (Fsp3) is 0.909. The van der Waals surface area contributed by atoms with Gasteiger partial charge in [0.1, 0.15) is 0 Å². The number of nitrogens with zero attached hydrogens (tertiary/aromatic N) is 2. The Morgan fingerprint density at radius 3 is 2.69 bits per heavy atom. The van der Waals surface area contributed by atoms with Crippen molar-refractivity contribution < 1.29 is 0 Å². The maximum absolute atomic E-state index is 9.10. The van der Waals surface area contributed by atoms with E-state index in [1.165, 1.54) is 25.9 Å². The van der Waals surface area contributed by atoms with E-state index in [-0.39, 0.29) is 5.41 Å². The van der Waals surface area contributed by atoms with E-state index < -0.39 is 0 Å². The van der Waals surface area contributed by atoms with Gasteiger partial charge in [0.25, 0.3) is 0 Å². The Morgan fingerprint density at radius 1 is 1.54 bits per heavy atom. The molecule has 2 aliphatic rings. The topological polar surface area (TPSA) is 27.0 Å². The Bertz CT molecular complexity index is 225. The predicted octanol–water partition coefficient (Wildman–Crippen LogP) is 2.02. The Labute approximate surface area is 80.5 Å². The third-order valence-corrected chi connectivity index (χ3v) is 3.72. The minimum Gasteiger partial charge on any atom is -0.306 e. The van der Waals surface area contributed by atoms with Gasteiger partial charge in [0, 0.05) is 6.54 Å². The van der Waals surface area contributed by atoms with Crippen molar-refractivity contribution >= 4 is 0 Å². The van der Waals surface area contributed by atoms with Gasteiger partial charge in [-0.25, -0.2) is 0 Å². The highest BCUT2D eigenvalue weighted by molar-refractivity contribution is 5.05. The molecule has 0 aromatic carbocycles. The first-order chi connectivity index (χ1) is 6.24. The van der Waals surface area contributed by atoms with Gasteiger partial charge in [0.2, 0.25) is 0 Å². The zero-order valence-electron chi connectivity index (χ0n) is 8.42. The highest BCUT2D eigenvalue weighted by Gasteiger charge is 2.40. The van der Waals surface area contributed by atoms with Crippen LogP contribution in [0.25, 0.3) is 0 Å². The normalized spacial score (nSPS) is 32.5. The maximum Gasteiger partial charge on any atom is 0.0689 e. The molecule has 1 saturated heterocycles. The molecular weight excluding hydrogens is 160 g/mol. The molecule has 0 amide bonds. The van der Waals surface area contributed by atoms with E-state index in [9.17, 15) is 0 Å². The second kappa shape index (κ2) is 3.31. The summed E-state index contributed by atoms with van der Waals surface area (Å²) in [6, 6.07) is 2.54. The second-order valence-corrected chi connectivity index (χ2v) is 4.87. The minimum atomic E-state index is 0.0931. The van der Waals surface area contributed by atoms with Crippen molar-refractivity contribution in [1.29, 1.82) is 5.26 Å². The van der Waals surface area contributed by atoms with Crippen molar-refractivity contribution in [2.24, 2.45) is 11.3 Å². The maximum atomic E-state index is 9.10. The molecule has 1 aliphatic heterocycles. The van der Waals surface area contributed by atoms with Gasteiger partial charge in [-0.3, -0.25) is 0 Å². The fourth-order valence-corrected chi connectivity index (χ4v) is 2.71. The lowest BCUT2D eigenvalue weighted by Crippen LogP contribution is -2.30. The molecule has 72 valence electrons. The molecule has 1 aliphatic carbocycles. The molecule has 2 rings (SSSR count). The van der Waals surface area contributed by atoms with Crippen LogP contribution in [0.1, 0.15) is 32.1 Å². The summed E-state index contributed by atoms with van der Waals surface area (Å²) in [5.74, 6) is 0.796. The molecular formula is C11H18N2. The molecule has 0 aromatic rings. The van der Waals surface area contributed by atoms with Crippen LogP contribution in [0, 0.1) is 22.7 Å². The molecule has 1 heterocycles. The monoisotopic (exact) mass is 178 g/mol. The first-order valence-corrected chi connectivity index (χ1v) is 5.34. The van der Waals surface area contributed by atoms with Crippen LogP contribution in [0.5, 0.6) is 0 Å². The van der Waals surface area contributed by atoms with Crippen molar-refractivity contribution in [1.82, 2.24) is 4.90 Å². The van der Waals surface area contributed by atoms with E-state index in [1.807, 2.05) is 0 Å². The standard InChI is InChI=1S/C11H18N2/c1-13-6-3-10(8-13)7-11(9-12)4-2-5-11/h10H,2-8H2,1H3. The molecule has 1 atom stereocenters. The van der Waals surface area contributed by atoms with Gasteiger partial charge in [-0.2, -0.15) is 5.26 Å². The van der Waals surface area contributed by atoms with Gasteiger partial charge in [-0.15, -0.1) is 0 Å². The molecule has 1 unspecified atom stereocenters. The lowest BCUT2D eigenvalue weighted by Gasteiger charge is -2.37. The number of rotatable bonds is 2. The van der Waals surface area contributed by atoms with E-state index in [1.54, 1.807) is 0 Å². The summed E-state index contributed by atoms with van der Waals surface area (Å²) < 4.78 is 0. The van der Waals surface area contributed by atoms with E-state index in [0.717, 1.165) is 25.2 Å². The summed E-state index contributed by atoms with van der Waals surface area (Å²) in [5, 5.41) is 9.10. The molecule has 0 aromatic heterocycles. The molecule has 2 heteroatoms. The number of likely N-dealkylation sites (tertiary alicyclic amines) is 1. The van der Waals surface area contributed by atoms with Crippen molar-refractivity contribution in [3.8, 4) is 6.07 Å². The van der Waals surface area contributed by atoms with Gasteiger partial charge in [0.15, 0.2) is 0 Å². The summed E-state index contributed by atoms with van der Waals surface area (Å²) in [4.78, 5) is 2.38. The summed E-state index contributed by atoms with van der Waals surface area (Å²) in [7, 11) is 2.18. The predicted molar refractivity (Wildman–Crippen MR) is 52.1 cm³/mol. The van der Waals surface area contributed by atoms with Crippen molar-refractivity contribution in [3.05, 3.63) is 0 Å². The Morgan fingerprint density at radius 2 is 2.31 bits per heavy atom. The highest BCUT2D eigenvalue weighted by Crippen LogP contribution is 2.46. The van der Waals surface area contributed by atoms with Gasteiger partial charge in [-0.05, 0) is 45.2 Å². The van der Waals surface area contributed by atoms with Gasteiger partial charge < -0.3 is 4.90 Å². The summed E-state index contributed by atoms with van der Waals surface area (Å²) in [6.07, 6.45) is 6.05. The molecule has 2 nitrogen and oxygen atoms in total. The fourth-order valence-electron chi connectivity index (χ4n) is 2.71. The van der Waals surface area contributed by atoms with Gasteiger partial charge in [-0.1, -0.05) is 6.42 Å². The SMILES string of the molecule is CN1CCC(CC2(C#N)CCC2)C1. The largest absolute Gasteiger partial charge is 0.306 e. The van der Waals surface area contributed by atoms with Gasteiger partial charge >= 0.3 is 0 Å². The molecule has 1 saturated carbocycles. The average Bonchev–Trinajstić information content (AvgIpc) is 2.44. The van der Waals surface area contributed by atoms with Gasteiger partial charge in [0.05, 0.1) is 11.5 Å². The number of nitriles is 1. The van der Waals surface area contributed by atoms with Crippen molar-refractivity contribution in [3.63, 3.8) is 0 Å². The summed E-state index contributed by atoms with van der Waals surface area (Å²) >= 11 is 0. The van der Waals surface area contributed by atoms with E-state index in [0.29, 0.717) is 0 Å². The number of hydrogen-bond donors (Lipinski definition) is 0. The molecule has 2 fully saturated rings. The van der Waals surface area contributed by atoms with Crippen LogP contribution in [-0.2, 0) is 0 Å². The molecule has 0 bridgehead atoms. The molecule has 0 spiro atoms. The molecule has 0 N–H and O–H groups in total. The summed E-state index contributed by atoms with van der Waals surface area (Å²) in [6.45, 7) is 2.44. The van der Waals surface area contributed by atoms with Crippen LogP contribution in [0.4, 0.5) is 0 Å². The highest BCUT2D eigenvalue weighted by atomic mass is 15.1.